The second-order valence-electron chi connectivity index (χ2n) is 6.27. The number of pyridine rings is 1. The van der Waals surface area contributed by atoms with Gasteiger partial charge in [0.1, 0.15) is 6.04 Å². The third-order valence-corrected chi connectivity index (χ3v) is 4.32. The topological polar surface area (TPSA) is 100 Å². The van der Waals surface area contributed by atoms with Crippen molar-refractivity contribution in [1.29, 1.82) is 0 Å². The summed E-state index contributed by atoms with van der Waals surface area (Å²) in [5.74, 6) is 0.161. The van der Waals surface area contributed by atoms with E-state index < -0.39 is 6.04 Å². The van der Waals surface area contributed by atoms with E-state index in [1.807, 2.05) is 19.9 Å². The number of hydrogen-bond donors (Lipinski definition) is 2. The van der Waals surface area contributed by atoms with Crippen LogP contribution in [-0.4, -0.2) is 52.4 Å². The van der Waals surface area contributed by atoms with Crippen LogP contribution in [0.15, 0.2) is 22.7 Å². The smallest absolute Gasteiger partial charge is 0.292 e. The molecule has 1 fully saturated rings. The van der Waals surface area contributed by atoms with Crippen molar-refractivity contribution < 1.29 is 14.0 Å². The molecule has 2 aromatic heterocycles. The molecule has 1 aliphatic heterocycles. The monoisotopic (exact) mass is 357 g/mol. The molecule has 3 rings (SSSR count). The Bertz CT molecular complexity index is 800. The summed E-state index contributed by atoms with van der Waals surface area (Å²) in [7, 11) is 0. The van der Waals surface area contributed by atoms with Crippen molar-refractivity contribution in [2.24, 2.45) is 0 Å². The van der Waals surface area contributed by atoms with Crippen LogP contribution < -0.4 is 10.6 Å². The standard InChI is InChI=1S/C18H23N5O3/c1-4-15-21-12(3)16(26-15)18(25)23-8-7-19-10-14(23)17(24)22-13-6-5-11(2)20-9-13/h5-6,9,14,19H,4,7-8,10H2,1-3H3,(H,22,24)/t14-/m1/s1. The molecule has 1 atom stereocenters. The van der Waals surface area contributed by atoms with Crippen molar-refractivity contribution in [3.05, 3.63) is 41.4 Å². The van der Waals surface area contributed by atoms with E-state index in [9.17, 15) is 9.59 Å². The first-order valence-corrected chi connectivity index (χ1v) is 8.71. The number of oxazole rings is 1. The Morgan fingerprint density at radius 3 is 2.85 bits per heavy atom. The molecule has 0 bridgehead atoms. The van der Waals surface area contributed by atoms with Gasteiger partial charge in [-0.3, -0.25) is 14.6 Å². The number of anilines is 1. The van der Waals surface area contributed by atoms with Gasteiger partial charge in [0.05, 0.1) is 17.6 Å². The highest BCUT2D eigenvalue weighted by molar-refractivity contribution is 6.00. The lowest BCUT2D eigenvalue weighted by atomic mass is 10.1. The number of hydrogen-bond acceptors (Lipinski definition) is 6. The van der Waals surface area contributed by atoms with Gasteiger partial charge in [0.15, 0.2) is 5.89 Å². The van der Waals surface area contributed by atoms with Gasteiger partial charge in [0.25, 0.3) is 5.91 Å². The van der Waals surface area contributed by atoms with Gasteiger partial charge in [-0.2, -0.15) is 0 Å². The summed E-state index contributed by atoms with van der Waals surface area (Å²) in [5.41, 5.74) is 2.02. The average molecular weight is 357 g/mol. The molecule has 0 unspecified atom stereocenters. The Morgan fingerprint density at radius 2 is 2.19 bits per heavy atom. The van der Waals surface area contributed by atoms with Crippen LogP contribution in [0.1, 0.15) is 34.8 Å². The predicted octanol–water partition coefficient (Wildman–Crippen LogP) is 1.30. The van der Waals surface area contributed by atoms with Gasteiger partial charge in [-0.25, -0.2) is 4.98 Å². The molecule has 1 saturated heterocycles. The Hall–Kier alpha value is -2.74. The molecule has 2 amide bonds. The number of carbonyl (C=O) groups excluding carboxylic acids is 2. The highest BCUT2D eigenvalue weighted by atomic mass is 16.4. The molecule has 0 aromatic carbocycles. The first kappa shape index (κ1) is 18.1. The Morgan fingerprint density at radius 1 is 1.38 bits per heavy atom. The third-order valence-electron chi connectivity index (χ3n) is 4.32. The summed E-state index contributed by atoms with van der Waals surface area (Å²) in [4.78, 5) is 35.6. The fraction of sp³-hybridized carbons (Fsp3) is 0.444. The molecule has 2 aromatic rings. The minimum Gasteiger partial charge on any atom is -0.435 e. The summed E-state index contributed by atoms with van der Waals surface area (Å²) in [6, 6.07) is 2.98. The molecule has 8 nitrogen and oxygen atoms in total. The van der Waals surface area contributed by atoms with Crippen molar-refractivity contribution in [1.82, 2.24) is 20.2 Å². The van der Waals surface area contributed by atoms with E-state index in [1.54, 1.807) is 24.1 Å². The number of aromatic nitrogens is 2. The number of carbonyl (C=O) groups is 2. The molecular formula is C18H23N5O3. The molecule has 0 saturated carbocycles. The number of nitrogens with zero attached hydrogens (tertiary/aromatic N) is 3. The van der Waals surface area contributed by atoms with E-state index in [4.69, 9.17) is 4.42 Å². The number of piperazine rings is 1. The minimum atomic E-state index is -0.632. The van der Waals surface area contributed by atoms with E-state index in [0.29, 0.717) is 43.3 Å². The van der Waals surface area contributed by atoms with Gasteiger partial charge in [-0.05, 0) is 26.0 Å². The van der Waals surface area contributed by atoms with Gasteiger partial charge in [-0.1, -0.05) is 6.92 Å². The average Bonchev–Trinajstić information content (AvgIpc) is 3.04. The molecule has 1 aliphatic rings. The number of rotatable bonds is 4. The summed E-state index contributed by atoms with van der Waals surface area (Å²) in [6.07, 6.45) is 2.21. The van der Waals surface area contributed by atoms with Crippen LogP contribution in [0.5, 0.6) is 0 Å². The van der Waals surface area contributed by atoms with Crippen molar-refractivity contribution in [3.63, 3.8) is 0 Å². The lowest BCUT2D eigenvalue weighted by Crippen LogP contribution is -2.58. The summed E-state index contributed by atoms with van der Waals surface area (Å²) >= 11 is 0. The largest absolute Gasteiger partial charge is 0.435 e. The molecule has 8 heteroatoms. The zero-order valence-corrected chi connectivity index (χ0v) is 15.2. The SMILES string of the molecule is CCc1nc(C)c(C(=O)N2CCNC[C@@H]2C(=O)Nc2ccc(C)nc2)o1. The van der Waals surface area contributed by atoms with Crippen LogP contribution in [0.2, 0.25) is 0 Å². The molecule has 2 N–H and O–H groups in total. The van der Waals surface area contributed by atoms with Gasteiger partial charge < -0.3 is 20.0 Å². The predicted molar refractivity (Wildman–Crippen MR) is 95.9 cm³/mol. The number of aryl methyl sites for hydroxylation is 3. The van der Waals surface area contributed by atoms with E-state index in [0.717, 1.165) is 5.69 Å². The van der Waals surface area contributed by atoms with Crippen LogP contribution in [0, 0.1) is 13.8 Å². The van der Waals surface area contributed by atoms with E-state index in [2.05, 4.69) is 20.6 Å². The maximum Gasteiger partial charge on any atom is 0.292 e. The fourth-order valence-electron chi connectivity index (χ4n) is 2.88. The zero-order chi connectivity index (χ0) is 18.7. The Labute approximate surface area is 152 Å². The van der Waals surface area contributed by atoms with Crippen molar-refractivity contribution in [2.45, 2.75) is 33.2 Å². The molecule has 3 heterocycles. The number of amides is 2. The third kappa shape index (κ3) is 3.75. The molecule has 0 radical (unpaired) electrons. The highest BCUT2D eigenvalue weighted by Gasteiger charge is 2.35. The van der Waals surface area contributed by atoms with Gasteiger partial charge in [0, 0.05) is 31.7 Å². The van der Waals surface area contributed by atoms with Crippen LogP contribution in [0.25, 0.3) is 0 Å². The molecule has 0 aliphatic carbocycles. The highest BCUT2D eigenvalue weighted by Crippen LogP contribution is 2.17. The second kappa shape index (κ2) is 7.65. The quantitative estimate of drug-likeness (QED) is 0.855. The molecule has 138 valence electrons. The van der Waals surface area contributed by atoms with Crippen LogP contribution >= 0.6 is 0 Å². The maximum atomic E-state index is 12.9. The number of nitrogens with one attached hydrogen (secondary N) is 2. The molecular weight excluding hydrogens is 334 g/mol. The van der Waals surface area contributed by atoms with Crippen LogP contribution in [0.4, 0.5) is 5.69 Å². The van der Waals surface area contributed by atoms with Gasteiger partial charge in [0.2, 0.25) is 11.7 Å². The summed E-state index contributed by atoms with van der Waals surface area (Å²) in [5, 5.41) is 5.99. The van der Waals surface area contributed by atoms with E-state index in [-0.39, 0.29) is 17.6 Å². The fourth-order valence-corrected chi connectivity index (χ4v) is 2.88. The first-order chi connectivity index (χ1) is 12.5. The van der Waals surface area contributed by atoms with Crippen LogP contribution in [0.3, 0.4) is 0 Å². The van der Waals surface area contributed by atoms with Crippen molar-refractivity contribution in [2.75, 3.05) is 25.0 Å². The maximum absolute atomic E-state index is 12.9. The van der Waals surface area contributed by atoms with Gasteiger partial charge >= 0.3 is 0 Å². The summed E-state index contributed by atoms with van der Waals surface area (Å²) in [6.45, 7) is 6.95. The normalized spacial score (nSPS) is 17.2. The molecule has 0 spiro atoms. The lowest BCUT2D eigenvalue weighted by molar-refractivity contribution is -0.121. The minimum absolute atomic E-state index is 0.207. The van der Waals surface area contributed by atoms with Crippen LogP contribution in [-0.2, 0) is 11.2 Å². The molecule has 26 heavy (non-hydrogen) atoms. The Kier molecular flexibility index (Phi) is 5.32. The van der Waals surface area contributed by atoms with E-state index in [1.165, 1.54) is 0 Å². The lowest BCUT2D eigenvalue weighted by Gasteiger charge is -2.34. The summed E-state index contributed by atoms with van der Waals surface area (Å²) < 4.78 is 5.57. The zero-order valence-electron chi connectivity index (χ0n) is 15.2. The second-order valence-corrected chi connectivity index (χ2v) is 6.27. The first-order valence-electron chi connectivity index (χ1n) is 8.71. The van der Waals surface area contributed by atoms with Gasteiger partial charge in [-0.15, -0.1) is 0 Å². The van der Waals surface area contributed by atoms with E-state index >= 15 is 0 Å². The Balaban J connectivity index is 1.78. The van der Waals surface area contributed by atoms with Crippen molar-refractivity contribution >= 4 is 17.5 Å². The van der Waals surface area contributed by atoms with Crippen molar-refractivity contribution in [3.8, 4) is 0 Å².